The largest absolute Gasteiger partial charge is 0.482 e. The number of anilines is 2. The van der Waals surface area contributed by atoms with E-state index in [9.17, 15) is 40.2 Å². The van der Waals surface area contributed by atoms with Crippen LogP contribution in [-0.4, -0.2) is 106 Å². The van der Waals surface area contributed by atoms with Crippen molar-refractivity contribution in [1.29, 1.82) is 21.0 Å². The smallest absolute Gasteiger partial charge is 0.341 e. The molecule has 0 spiro atoms. The van der Waals surface area contributed by atoms with Gasteiger partial charge >= 0.3 is 11.9 Å². The Bertz CT molecular complexity index is 2470. The van der Waals surface area contributed by atoms with Crippen molar-refractivity contribution in [1.82, 2.24) is 14.9 Å². The number of H-pyrrole nitrogens is 1. The molecule has 0 unspecified atom stereocenters. The second kappa shape index (κ2) is 26.1. The van der Waals surface area contributed by atoms with Crippen molar-refractivity contribution >= 4 is 75.3 Å². The Morgan fingerprint density at radius 1 is 0.806 bits per heavy atom. The number of ether oxygens (including phenoxy) is 3. The van der Waals surface area contributed by atoms with E-state index in [-0.39, 0.29) is 66.1 Å². The molecule has 322 valence electrons. The first kappa shape index (κ1) is 50.9. The summed E-state index contributed by atoms with van der Waals surface area (Å²) in [6, 6.07) is 20.3. The Morgan fingerprint density at radius 2 is 1.24 bits per heavy atom. The minimum absolute atomic E-state index is 0.0224. The third-order valence-corrected chi connectivity index (χ3v) is 9.47. The number of pyridine rings is 2. The number of aromatic nitrogens is 2. The van der Waals surface area contributed by atoms with Gasteiger partial charge in [0.2, 0.25) is 11.8 Å². The number of alkyl halides is 1. The summed E-state index contributed by atoms with van der Waals surface area (Å²) in [7, 11) is 2.11. The fourth-order valence-electron chi connectivity index (χ4n) is 4.84. The molecule has 1 aliphatic rings. The van der Waals surface area contributed by atoms with Crippen LogP contribution in [0.25, 0.3) is 22.3 Å². The van der Waals surface area contributed by atoms with Crippen molar-refractivity contribution in [3.05, 3.63) is 75.4 Å². The molecule has 0 radical (unpaired) electrons. The summed E-state index contributed by atoms with van der Waals surface area (Å²) >= 11 is 8.86. The van der Waals surface area contributed by atoms with E-state index in [0.717, 1.165) is 38.1 Å². The number of carboxylic acids is 2. The summed E-state index contributed by atoms with van der Waals surface area (Å²) in [6.45, 7) is 3.06. The Labute approximate surface area is 372 Å². The minimum atomic E-state index is -1.12. The molecule has 0 saturated carbocycles. The van der Waals surface area contributed by atoms with Gasteiger partial charge in [0.15, 0.2) is 13.2 Å². The van der Waals surface area contributed by atoms with Gasteiger partial charge in [0.1, 0.15) is 68.2 Å². The third-order valence-electron chi connectivity index (χ3n) is 7.61. The molecule has 4 aromatic rings. The number of halogens is 1. The molecule has 2 amide bonds. The van der Waals surface area contributed by atoms with Crippen LogP contribution in [0, 0.1) is 50.0 Å². The predicted molar refractivity (Wildman–Crippen MR) is 232 cm³/mol. The maximum atomic E-state index is 11.0. The zero-order chi connectivity index (χ0) is 46.4. The lowest BCUT2D eigenvalue weighted by molar-refractivity contribution is -0.140. The number of nitrogen functional groups attached to an aromatic ring is 2. The van der Waals surface area contributed by atoms with Gasteiger partial charge < -0.3 is 57.2 Å². The maximum Gasteiger partial charge on any atom is 0.341 e. The Morgan fingerprint density at radius 3 is 1.60 bits per heavy atom. The highest BCUT2D eigenvalue weighted by Crippen LogP contribution is 2.36. The van der Waals surface area contributed by atoms with E-state index in [4.69, 9.17) is 53.8 Å². The van der Waals surface area contributed by atoms with Crippen molar-refractivity contribution in [2.45, 2.75) is 5.03 Å². The molecule has 11 N–H and O–H groups in total. The van der Waals surface area contributed by atoms with Crippen molar-refractivity contribution in [3.8, 4) is 58.0 Å². The van der Waals surface area contributed by atoms with Crippen molar-refractivity contribution < 1.29 is 43.6 Å². The second-order valence-electron chi connectivity index (χ2n) is 12.1. The summed E-state index contributed by atoms with van der Waals surface area (Å²) in [5.74, 6) is -2.56. The number of nitrogens with zero attached hydrogens (tertiary/aromatic N) is 6. The number of carboxylic acid groups (broad SMARTS) is 2. The van der Waals surface area contributed by atoms with E-state index in [2.05, 4.69) is 43.6 Å². The number of carbonyl (C=O) groups is 4. The van der Waals surface area contributed by atoms with Gasteiger partial charge in [-0.2, -0.15) is 21.0 Å². The van der Waals surface area contributed by atoms with Crippen LogP contribution in [0.3, 0.4) is 0 Å². The summed E-state index contributed by atoms with van der Waals surface area (Å²) in [4.78, 5) is 50.5. The molecule has 2 aromatic carbocycles. The molecule has 0 bridgehead atoms. The minimum Gasteiger partial charge on any atom is -0.482 e. The number of aliphatic carboxylic acids is 2. The molecular formula is C39H38BrN11O9S2. The number of hydrogen-bond acceptors (Lipinski definition) is 17. The van der Waals surface area contributed by atoms with E-state index < -0.39 is 31.1 Å². The number of likely N-dealkylation sites (N-methyl/N-ethyl adjacent to an activating group) is 1. The fraction of sp³-hybridized carbons (Fsp3) is 0.231. The predicted octanol–water partition coefficient (Wildman–Crippen LogP) is 3.13. The van der Waals surface area contributed by atoms with Gasteiger partial charge in [-0.15, -0.1) is 0 Å². The highest BCUT2D eigenvalue weighted by Gasteiger charge is 2.21. The summed E-state index contributed by atoms with van der Waals surface area (Å²) in [5.41, 5.74) is 23.4. The van der Waals surface area contributed by atoms with Crippen LogP contribution >= 0.6 is 39.9 Å². The number of aromatic amines is 1. The van der Waals surface area contributed by atoms with Crippen LogP contribution in [0.1, 0.15) is 22.3 Å². The van der Waals surface area contributed by atoms with E-state index in [1.54, 1.807) is 24.3 Å². The van der Waals surface area contributed by atoms with Crippen LogP contribution in [0.4, 0.5) is 11.6 Å². The fourth-order valence-corrected chi connectivity index (χ4v) is 5.83. The number of morpholine rings is 1. The van der Waals surface area contributed by atoms with Crippen LogP contribution in [-0.2, 0) is 23.9 Å². The first-order valence-electron chi connectivity index (χ1n) is 17.4. The van der Waals surface area contributed by atoms with E-state index >= 15 is 0 Å². The Hall–Kier alpha value is -7.25. The number of nitrogens with two attached hydrogens (primary N) is 4. The molecule has 1 aliphatic heterocycles. The molecule has 23 heteroatoms. The highest BCUT2D eigenvalue weighted by molar-refractivity contribution is 9.09. The number of carbonyl (C=O) groups excluding carboxylic acids is 2. The highest BCUT2D eigenvalue weighted by atomic mass is 79.9. The summed E-state index contributed by atoms with van der Waals surface area (Å²) < 4.78 is 15.3. The molecular weight excluding hydrogens is 911 g/mol. The molecule has 20 nitrogen and oxygen atoms in total. The number of amides is 2. The molecule has 1 fully saturated rings. The van der Waals surface area contributed by atoms with Gasteiger partial charge in [0.25, 0.3) is 0 Å². The van der Waals surface area contributed by atoms with Gasteiger partial charge in [-0.25, -0.2) is 14.6 Å². The van der Waals surface area contributed by atoms with Crippen LogP contribution in [0.2, 0.25) is 0 Å². The van der Waals surface area contributed by atoms with E-state index in [1.165, 1.54) is 24.3 Å². The molecule has 1 saturated heterocycles. The van der Waals surface area contributed by atoms with Gasteiger partial charge in [0, 0.05) is 24.2 Å². The van der Waals surface area contributed by atoms with Gasteiger partial charge in [-0.3, -0.25) is 9.59 Å². The lowest BCUT2D eigenvalue weighted by Crippen LogP contribution is -2.32. The van der Waals surface area contributed by atoms with E-state index in [0.29, 0.717) is 28.2 Å². The number of hydrogen-bond donors (Lipinski definition) is 7. The second-order valence-corrected chi connectivity index (χ2v) is 14.0. The number of nitriles is 4. The lowest BCUT2D eigenvalue weighted by atomic mass is 9.97. The van der Waals surface area contributed by atoms with Crippen LogP contribution in [0.5, 0.6) is 11.5 Å². The standard InChI is InChI=1S/C17H13N5O4S.C15H10N4O3S.C5H11NO.C2H4BrNO/c18-5-11-15(9-1-3-10(4-2-9)26-7-14(24)25)12(6-19)17(22-16(11)21)27-8-13(20)23;16-5-10-13(11(6-17)15(23)19-14(10)18)8-1-3-9(4-2-8)22-7-12(20)21;1-6-2-4-7-5-3-6;3-1-2(4)5/h1-4H,7-8H2,(H2,20,23)(H2,21,22)(H,24,25);1-4H,7H2,(H,20,21)(H3,18,19,23);2-5H2,1H3;1H2,(H2,4,5). The van der Waals surface area contributed by atoms with Gasteiger partial charge in [0.05, 0.1) is 35.4 Å². The van der Waals surface area contributed by atoms with E-state index in [1.807, 2.05) is 24.3 Å². The average Bonchev–Trinajstić information content (AvgIpc) is 3.25. The average molecular weight is 949 g/mol. The third kappa shape index (κ3) is 16.1. The number of primary amides is 2. The number of rotatable bonds is 12. The number of thioether (sulfide) groups is 1. The molecule has 2 aromatic heterocycles. The Balaban J connectivity index is 0.000000339. The molecule has 0 atom stereocenters. The maximum absolute atomic E-state index is 11.0. The number of benzene rings is 2. The zero-order valence-electron chi connectivity index (χ0n) is 32.7. The zero-order valence-corrected chi connectivity index (χ0v) is 35.9. The summed E-state index contributed by atoms with van der Waals surface area (Å²) in [6.07, 6.45) is 0. The van der Waals surface area contributed by atoms with Gasteiger partial charge in [-0.05, 0) is 42.4 Å². The molecule has 3 heterocycles. The lowest BCUT2D eigenvalue weighted by Gasteiger charge is -2.21. The first-order valence-corrected chi connectivity index (χ1v) is 19.9. The first-order chi connectivity index (χ1) is 29.5. The van der Waals surface area contributed by atoms with Crippen LogP contribution < -0.4 is 32.4 Å². The van der Waals surface area contributed by atoms with Crippen molar-refractivity contribution in [2.24, 2.45) is 11.5 Å². The number of nitrogens with one attached hydrogen (secondary N) is 1. The normalized spacial score (nSPS) is 11.3. The SMILES string of the molecule is CN1CCOCC1.N#Cc1c(N)[nH]c(=S)c(C#N)c1-c1ccc(OCC(=O)O)cc1.N#Cc1c(N)nc(SCC(N)=O)c(C#N)c1-c1ccc(OCC(=O)O)cc1.NC(=O)CBr. The molecule has 5 rings (SSSR count). The van der Waals surface area contributed by atoms with Crippen molar-refractivity contribution in [2.75, 3.05) is 69.1 Å². The monoisotopic (exact) mass is 947 g/mol. The van der Waals surface area contributed by atoms with Crippen molar-refractivity contribution in [3.63, 3.8) is 0 Å². The summed E-state index contributed by atoms with van der Waals surface area (Å²) in [5, 5.41) is 55.3. The topological polar surface area (TPSA) is 368 Å². The Kier molecular flexibility index (Phi) is 21.4. The van der Waals surface area contributed by atoms with Gasteiger partial charge in [-0.1, -0.05) is 64.2 Å². The molecule has 62 heavy (non-hydrogen) atoms. The molecule has 0 aliphatic carbocycles. The quantitative estimate of drug-likeness (QED) is 0.0609. The van der Waals surface area contributed by atoms with Crippen LogP contribution in [0.15, 0.2) is 53.6 Å².